The highest BCUT2D eigenvalue weighted by Crippen LogP contribution is 2.34. The Kier molecular flexibility index (Phi) is 7.62. The molecule has 0 saturated heterocycles. The van der Waals surface area contributed by atoms with Gasteiger partial charge in [0.15, 0.2) is 0 Å². The first kappa shape index (κ1) is 18.0. The summed E-state index contributed by atoms with van der Waals surface area (Å²) in [5.41, 5.74) is 1.01. The van der Waals surface area contributed by atoms with E-state index in [-0.39, 0.29) is 0 Å². The van der Waals surface area contributed by atoms with Gasteiger partial charge in [0.25, 0.3) is 0 Å². The minimum Gasteiger partial charge on any atom is -0.493 e. The Morgan fingerprint density at radius 2 is 1.91 bits per heavy atom. The van der Waals surface area contributed by atoms with Crippen molar-refractivity contribution in [1.29, 1.82) is 0 Å². The Balaban J connectivity index is 1.68. The van der Waals surface area contributed by atoms with E-state index in [1.165, 1.54) is 0 Å². The molecule has 0 aliphatic carbocycles. The number of nitrogens with one attached hydrogen (secondary N) is 1. The minimum absolute atomic E-state index is 0.587. The molecular formula is C16H22Cl2N4O. The standard InChI is InChI=1S/C16H22Cl2N4O/c1-2-7-12-14(10-9-13(17)16(12)18)23-11-6-4-3-5-8-15-19-21-22-20-15/h9-10H,2-8,11H2,1H3,(H,19,20,21,22). The molecule has 0 unspecified atom stereocenters. The molecule has 1 heterocycles. The molecule has 0 radical (unpaired) electrons. The SMILES string of the molecule is CCCc1c(OCCCCCCc2nnn[nH]2)ccc(Cl)c1Cl. The maximum atomic E-state index is 6.28. The van der Waals surface area contributed by atoms with E-state index in [4.69, 9.17) is 27.9 Å². The lowest BCUT2D eigenvalue weighted by atomic mass is 10.1. The minimum atomic E-state index is 0.587. The molecule has 0 aliphatic heterocycles. The van der Waals surface area contributed by atoms with Gasteiger partial charge in [-0.1, -0.05) is 49.4 Å². The summed E-state index contributed by atoms with van der Waals surface area (Å²) in [5, 5.41) is 15.0. The normalized spacial score (nSPS) is 10.9. The van der Waals surface area contributed by atoms with Gasteiger partial charge in [-0.3, -0.25) is 0 Å². The number of rotatable bonds is 10. The first-order chi connectivity index (χ1) is 11.2. The number of benzene rings is 1. The number of nitrogens with zero attached hydrogens (tertiary/aromatic N) is 3. The number of aromatic nitrogens is 4. The number of tetrazole rings is 1. The number of hydrogen-bond donors (Lipinski definition) is 1. The second-order valence-corrected chi connectivity index (χ2v) is 6.23. The van der Waals surface area contributed by atoms with Gasteiger partial charge in [0.05, 0.1) is 16.7 Å². The number of aryl methyl sites for hydroxylation is 1. The van der Waals surface area contributed by atoms with E-state index < -0.39 is 0 Å². The van der Waals surface area contributed by atoms with Crippen LogP contribution in [0.25, 0.3) is 0 Å². The average Bonchev–Trinajstić information content (AvgIpc) is 3.06. The maximum Gasteiger partial charge on any atom is 0.148 e. The molecule has 2 rings (SSSR count). The molecule has 1 aromatic carbocycles. The lowest BCUT2D eigenvalue weighted by Crippen LogP contribution is -2.01. The zero-order valence-electron chi connectivity index (χ0n) is 13.3. The summed E-state index contributed by atoms with van der Waals surface area (Å²) in [6.07, 6.45) is 7.11. The number of hydrogen-bond acceptors (Lipinski definition) is 4. The third-order valence-electron chi connectivity index (χ3n) is 3.61. The van der Waals surface area contributed by atoms with Crippen LogP contribution in [0.2, 0.25) is 10.0 Å². The van der Waals surface area contributed by atoms with Crippen LogP contribution >= 0.6 is 23.2 Å². The molecule has 5 nitrogen and oxygen atoms in total. The molecule has 0 fully saturated rings. The van der Waals surface area contributed by atoms with Crippen molar-refractivity contribution < 1.29 is 4.74 Å². The molecule has 0 atom stereocenters. The topological polar surface area (TPSA) is 63.7 Å². The van der Waals surface area contributed by atoms with Crippen LogP contribution in [0.1, 0.15) is 50.4 Å². The number of unbranched alkanes of at least 4 members (excludes halogenated alkanes) is 3. The zero-order chi connectivity index (χ0) is 16.5. The third kappa shape index (κ3) is 5.66. The van der Waals surface area contributed by atoms with Gasteiger partial charge in [-0.2, -0.15) is 0 Å². The van der Waals surface area contributed by atoms with E-state index in [2.05, 4.69) is 27.5 Å². The Morgan fingerprint density at radius 1 is 1.09 bits per heavy atom. The van der Waals surface area contributed by atoms with E-state index in [9.17, 15) is 0 Å². The van der Waals surface area contributed by atoms with Crippen LogP contribution in [0.15, 0.2) is 12.1 Å². The fraction of sp³-hybridized carbons (Fsp3) is 0.562. The molecule has 1 N–H and O–H groups in total. The quantitative estimate of drug-likeness (QED) is 0.629. The Morgan fingerprint density at radius 3 is 2.65 bits per heavy atom. The average molecular weight is 357 g/mol. The predicted molar refractivity (Wildman–Crippen MR) is 92.3 cm³/mol. The van der Waals surface area contributed by atoms with E-state index in [1.807, 2.05) is 6.07 Å². The van der Waals surface area contributed by atoms with Crippen molar-refractivity contribution >= 4 is 23.2 Å². The monoisotopic (exact) mass is 356 g/mol. The van der Waals surface area contributed by atoms with Gasteiger partial charge in [-0.25, -0.2) is 5.10 Å². The molecule has 2 aromatic rings. The summed E-state index contributed by atoms with van der Waals surface area (Å²) in [6.45, 7) is 2.81. The second kappa shape index (κ2) is 9.73. The number of aromatic amines is 1. The Labute approximate surface area is 146 Å². The highest BCUT2D eigenvalue weighted by Gasteiger charge is 2.11. The summed E-state index contributed by atoms with van der Waals surface area (Å²) in [4.78, 5) is 0. The zero-order valence-corrected chi connectivity index (χ0v) is 14.8. The van der Waals surface area contributed by atoms with E-state index in [0.29, 0.717) is 16.7 Å². The summed E-state index contributed by atoms with van der Waals surface area (Å²) >= 11 is 12.4. The van der Waals surface area contributed by atoms with Crippen molar-refractivity contribution in [2.45, 2.75) is 51.9 Å². The van der Waals surface area contributed by atoms with E-state index in [1.54, 1.807) is 6.07 Å². The summed E-state index contributed by atoms with van der Waals surface area (Å²) in [7, 11) is 0. The molecule has 0 bridgehead atoms. The van der Waals surface area contributed by atoms with Gasteiger partial charge in [0.1, 0.15) is 11.6 Å². The largest absolute Gasteiger partial charge is 0.493 e. The van der Waals surface area contributed by atoms with Crippen LogP contribution < -0.4 is 4.74 Å². The lowest BCUT2D eigenvalue weighted by molar-refractivity contribution is 0.301. The number of H-pyrrole nitrogens is 1. The summed E-state index contributed by atoms with van der Waals surface area (Å²) < 4.78 is 5.90. The van der Waals surface area contributed by atoms with Crippen LogP contribution in [-0.2, 0) is 12.8 Å². The van der Waals surface area contributed by atoms with Gasteiger partial charge in [0, 0.05) is 12.0 Å². The van der Waals surface area contributed by atoms with Crippen molar-refractivity contribution in [3.63, 3.8) is 0 Å². The molecule has 1 aromatic heterocycles. The number of ether oxygens (including phenoxy) is 1. The van der Waals surface area contributed by atoms with Gasteiger partial charge in [-0.05, 0) is 41.8 Å². The van der Waals surface area contributed by atoms with Gasteiger partial charge < -0.3 is 4.74 Å². The van der Waals surface area contributed by atoms with Crippen LogP contribution in [0.3, 0.4) is 0 Å². The fourth-order valence-electron chi connectivity index (χ4n) is 2.41. The molecule has 0 aliphatic rings. The number of halogens is 2. The highest BCUT2D eigenvalue weighted by molar-refractivity contribution is 6.42. The lowest BCUT2D eigenvalue weighted by Gasteiger charge is -2.13. The molecule has 7 heteroatoms. The van der Waals surface area contributed by atoms with Crippen LogP contribution in [0, 0.1) is 0 Å². The van der Waals surface area contributed by atoms with E-state index >= 15 is 0 Å². The molecule has 126 valence electrons. The molecule has 23 heavy (non-hydrogen) atoms. The summed E-state index contributed by atoms with van der Waals surface area (Å²) in [6, 6.07) is 3.71. The van der Waals surface area contributed by atoms with Crippen molar-refractivity contribution in [3.05, 3.63) is 33.6 Å². The van der Waals surface area contributed by atoms with Crippen molar-refractivity contribution in [2.24, 2.45) is 0 Å². The van der Waals surface area contributed by atoms with Crippen molar-refractivity contribution in [2.75, 3.05) is 6.61 Å². The van der Waals surface area contributed by atoms with E-state index in [0.717, 1.165) is 62.1 Å². The third-order valence-corrected chi connectivity index (χ3v) is 4.45. The first-order valence-corrected chi connectivity index (χ1v) is 8.80. The maximum absolute atomic E-state index is 6.28. The van der Waals surface area contributed by atoms with Crippen LogP contribution in [0.5, 0.6) is 5.75 Å². The summed E-state index contributed by atoms with van der Waals surface area (Å²) in [5.74, 6) is 1.70. The van der Waals surface area contributed by atoms with Gasteiger partial charge in [0.2, 0.25) is 0 Å². The Bertz CT molecular complexity index is 590. The van der Waals surface area contributed by atoms with Crippen molar-refractivity contribution in [3.8, 4) is 5.75 Å². The van der Waals surface area contributed by atoms with Gasteiger partial charge in [-0.15, -0.1) is 5.10 Å². The molecule has 0 amide bonds. The van der Waals surface area contributed by atoms with Gasteiger partial charge >= 0.3 is 0 Å². The molecular weight excluding hydrogens is 335 g/mol. The molecule has 0 spiro atoms. The van der Waals surface area contributed by atoms with Crippen LogP contribution in [0.4, 0.5) is 0 Å². The Hall–Kier alpha value is -1.33. The highest BCUT2D eigenvalue weighted by atomic mass is 35.5. The first-order valence-electron chi connectivity index (χ1n) is 8.04. The molecule has 0 saturated carbocycles. The second-order valence-electron chi connectivity index (χ2n) is 5.45. The van der Waals surface area contributed by atoms with Crippen molar-refractivity contribution in [1.82, 2.24) is 20.6 Å². The predicted octanol–water partition coefficient (Wildman–Crippen LogP) is 4.64. The smallest absolute Gasteiger partial charge is 0.148 e. The fourth-order valence-corrected chi connectivity index (χ4v) is 2.84. The van der Waals surface area contributed by atoms with Crippen LogP contribution in [-0.4, -0.2) is 27.2 Å².